The molecule has 0 radical (unpaired) electrons. The topological polar surface area (TPSA) is 64.7 Å². The Kier molecular flexibility index (Phi) is 0.986. The Labute approximate surface area is 52.7 Å². The molecule has 0 aromatic rings. The van der Waals surface area contributed by atoms with Crippen LogP contribution in [0.25, 0.3) is 0 Å². The van der Waals surface area contributed by atoms with E-state index in [-0.39, 0.29) is 11.8 Å². The van der Waals surface area contributed by atoms with Crippen LogP contribution in [0.4, 0.5) is 0 Å². The second kappa shape index (κ2) is 1.46. The average molecular weight is 128 g/mol. The lowest BCUT2D eigenvalue weighted by molar-refractivity contribution is -0.146. The predicted molar refractivity (Wildman–Crippen MR) is 31.5 cm³/mol. The highest BCUT2D eigenvalue weighted by molar-refractivity contribution is 6.06. The quantitative estimate of drug-likeness (QED) is 0.461. The van der Waals surface area contributed by atoms with Crippen molar-refractivity contribution < 1.29 is 9.63 Å². The third-order valence-electron chi connectivity index (χ3n) is 1.38. The molecule has 0 unspecified atom stereocenters. The van der Waals surface area contributed by atoms with E-state index in [1.165, 1.54) is 0 Å². The minimum atomic E-state index is -0.722. The van der Waals surface area contributed by atoms with E-state index in [1.807, 2.05) is 0 Å². The van der Waals surface area contributed by atoms with E-state index in [2.05, 4.69) is 9.99 Å². The van der Waals surface area contributed by atoms with Gasteiger partial charge in [-0.3, -0.25) is 0 Å². The van der Waals surface area contributed by atoms with Gasteiger partial charge in [0.05, 0.1) is 0 Å². The fourth-order valence-electron chi connectivity index (χ4n) is 0.423. The van der Waals surface area contributed by atoms with Crippen LogP contribution in [0, 0.1) is 5.41 Å². The molecule has 0 aliphatic carbocycles. The number of oxime groups is 1. The molecule has 0 spiro atoms. The lowest BCUT2D eigenvalue weighted by Crippen LogP contribution is -2.33. The molecule has 0 atom stereocenters. The first-order chi connectivity index (χ1) is 4.05. The highest BCUT2D eigenvalue weighted by atomic mass is 16.7. The molecular formula is C5H8N2O2. The van der Waals surface area contributed by atoms with E-state index in [0.29, 0.717) is 0 Å². The Morgan fingerprint density at radius 2 is 2.22 bits per heavy atom. The maximum atomic E-state index is 10.7. The fraction of sp³-hybridized carbons (Fsp3) is 0.600. The molecule has 1 heterocycles. The molecule has 1 aliphatic heterocycles. The van der Waals surface area contributed by atoms with Crippen LogP contribution in [0.2, 0.25) is 0 Å². The molecule has 2 N–H and O–H groups in total. The van der Waals surface area contributed by atoms with Crippen molar-refractivity contribution in [3.05, 3.63) is 0 Å². The molecule has 9 heavy (non-hydrogen) atoms. The summed E-state index contributed by atoms with van der Waals surface area (Å²) in [6.07, 6.45) is 0. The largest absolute Gasteiger partial charge is 0.383 e. The van der Waals surface area contributed by atoms with Gasteiger partial charge in [0.1, 0.15) is 5.41 Å². The van der Waals surface area contributed by atoms with Gasteiger partial charge in [0.25, 0.3) is 0 Å². The normalized spacial score (nSPS) is 23.3. The highest BCUT2D eigenvalue weighted by Gasteiger charge is 2.39. The van der Waals surface area contributed by atoms with Crippen LogP contribution in [0.5, 0.6) is 0 Å². The minimum Gasteiger partial charge on any atom is -0.383 e. The molecule has 0 aromatic carbocycles. The molecule has 0 fully saturated rings. The van der Waals surface area contributed by atoms with Crippen molar-refractivity contribution in [2.75, 3.05) is 0 Å². The number of carbonyl (C=O) groups is 1. The lowest BCUT2D eigenvalue weighted by atomic mass is 9.93. The molecule has 0 bridgehead atoms. The van der Waals surface area contributed by atoms with Gasteiger partial charge in [0, 0.05) is 0 Å². The van der Waals surface area contributed by atoms with Gasteiger partial charge in [0.2, 0.25) is 0 Å². The zero-order valence-corrected chi connectivity index (χ0v) is 5.34. The van der Waals surface area contributed by atoms with Crippen LogP contribution in [-0.4, -0.2) is 11.8 Å². The monoisotopic (exact) mass is 128 g/mol. The zero-order valence-electron chi connectivity index (χ0n) is 5.34. The van der Waals surface area contributed by atoms with Crippen molar-refractivity contribution in [1.82, 2.24) is 0 Å². The van der Waals surface area contributed by atoms with Crippen LogP contribution in [0.15, 0.2) is 5.16 Å². The van der Waals surface area contributed by atoms with E-state index in [0.717, 1.165) is 0 Å². The van der Waals surface area contributed by atoms with Crippen LogP contribution in [0.3, 0.4) is 0 Å². The average Bonchev–Trinajstić information content (AvgIpc) is 1.96. The number of rotatable bonds is 0. The molecule has 1 aliphatic rings. The van der Waals surface area contributed by atoms with Gasteiger partial charge in [-0.25, -0.2) is 4.79 Å². The Hall–Kier alpha value is -1.06. The summed E-state index contributed by atoms with van der Waals surface area (Å²) in [6, 6.07) is 0. The van der Waals surface area contributed by atoms with Crippen molar-refractivity contribution in [1.29, 1.82) is 0 Å². The molecule has 1 rings (SSSR count). The molecule has 50 valence electrons. The summed E-state index contributed by atoms with van der Waals surface area (Å²) in [6.45, 7) is 3.34. The van der Waals surface area contributed by atoms with Crippen molar-refractivity contribution in [3.8, 4) is 0 Å². The maximum absolute atomic E-state index is 10.7. The molecule has 0 saturated heterocycles. The van der Waals surface area contributed by atoms with Crippen LogP contribution in [0.1, 0.15) is 13.8 Å². The molecular weight excluding hydrogens is 120 g/mol. The van der Waals surface area contributed by atoms with Gasteiger partial charge in [-0.1, -0.05) is 5.16 Å². The second-order valence-corrected chi connectivity index (χ2v) is 2.48. The number of nitrogens with two attached hydrogens (primary N) is 1. The first-order valence-corrected chi connectivity index (χ1v) is 2.60. The van der Waals surface area contributed by atoms with E-state index >= 15 is 0 Å². The standard InChI is InChI=1S/C5H8N2O2/c1-5(2)3(6)7-9-4(5)8/h1-2H3,(H2,6,7). The summed E-state index contributed by atoms with van der Waals surface area (Å²) in [7, 11) is 0. The second-order valence-electron chi connectivity index (χ2n) is 2.48. The Morgan fingerprint density at radius 1 is 1.67 bits per heavy atom. The SMILES string of the molecule is CC1(C)C(=O)ON=C1N. The lowest BCUT2D eigenvalue weighted by Gasteiger charge is -2.09. The molecule has 0 aromatic heterocycles. The van der Waals surface area contributed by atoms with Gasteiger partial charge in [-0.15, -0.1) is 0 Å². The zero-order chi connectivity index (χ0) is 7.07. The highest BCUT2D eigenvalue weighted by Crippen LogP contribution is 2.22. The van der Waals surface area contributed by atoms with Crippen molar-refractivity contribution in [3.63, 3.8) is 0 Å². The number of carbonyl (C=O) groups excluding carboxylic acids is 1. The Bertz CT molecular complexity index is 183. The van der Waals surface area contributed by atoms with Crippen LogP contribution in [-0.2, 0) is 9.63 Å². The summed E-state index contributed by atoms with van der Waals surface area (Å²) >= 11 is 0. The summed E-state index contributed by atoms with van der Waals surface area (Å²) in [5.41, 5.74) is 4.58. The summed E-state index contributed by atoms with van der Waals surface area (Å²) in [5.74, 6) is -0.146. The molecule has 0 saturated carbocycles. The number of hydrogen-bond donors (Lipinski definition) is 1. The van der Waals surface area contributed by atoms with E-state index in [1.54, 1.807) is 13.8 Å². The molecule has 4 heteroatoms. The van der Waals surface area contributed by atoms with Gasteiger partial charge in [-0.2, -0.15) is 0 Å². The van der Waals surface area contributed by atoms with Gasteiger partial charge in [-0.05, 0) is 13.8 Å². The third kappa shape index (κ3) is 0.667. The van der Waals surface area contributed by atoms with E-state index in [9.17, 15) is 4.79 Å². The Morgan fingerprint density at radius 3 is 2.33 bits per heavy atom. The van der Waals surface area contributed by atoms with Crippen molar-refractivity contribution in [2.45, 2.75) is 13.8 Å². The third-order valence-corrected chi connectivity index (χ3v) is 1.38. The first kappa shape index (κ1) is 6.07. The maximum Gasteiger partial charge on any atom is 0.348 e. The molecule has 4 nitrogen and oxygen atoms in total. The fourth-order valence-corrected chi connectivity index (χ4v) is 0.423. The van der Waals surface area contributed by atoms with E-state index < -0.39 is 5.41 Å². The summed E-state index contributed by atoms with van der Waals surface area (Å²) < 4.78 is 0. The first-order valence-electron chi connectivity index (χ1n) is 2.60. The van der Waals surface area contributed by atoms with Gasteiger partial charge in [0.15, 0.2) is 5.84 Å². The van der Waals surface area contributed by atoms with Crippen LogP contribution >= 0.6 is 0 Å². The summed E-state index contributed by atoms with van der Waals surface area (Å²) in [4.78, 5) is 15.0. The number of nitrogens with zero attached hydrogens (tertiary/aromatic N) is 1. The Balaban J connectivity index is 2.93. The summed E-state index contributed by atoms with van der Waals surface area (Å²) in [5, 5.41) is 3.31. The predicted octanol–water partition coefficient (Wildman–Crippen LogP) is -0.158. The van der Waals surface area contributed by atoms with E-state index in [4.69, 9.17) is 5.73 Å². The van der Waals surface area contributed by atoms with Gasteiger partial charge >= 0.3 is 5.97 Å². The number of amidine groups is 1. The van der Waals surface area contributed by atoms with Crippen LogP contribution < -0.4 is 5.73 Å². The smallest absolute Gasteiger partial charge is 0.348 e. The number of hydrogen-bond acceptors (Lipinski definition) is 4. The minimum absolute atomic E-state index is 0.243. The van der Waals surface area contributed by atoms with Crippen molar-refractivity contribution in [2.24, 2.45) is 16.3 Å². The van der Waals surface area contributed by atoms with Gasteiger partial charge < -0.3 is 10.6 Å². The van der Waals surface area contributed by atoms with Crippen molar-refractivity contribution >= 4 is 11.8 Å². The molecule has 0 amide bonds.